The highest BCUT2D eigenvalue weighted by Gasteiger charge is 2.26. The molecule has 0 saturated heterocycles. The zero-order chi connectivity index (χ0) is 11.8. The van der Waals surface area contributed by atoms with Gasteiger partial charge in [-0.15, -0.1) is 0 Å². The zero-order valence-electron chi connectivity index (χ0n) is 10.4. The second kappa shape index (κ2) is 4.29. The molecule has 0 spiro atoms. The molecule has 0 bridgehead atoms. The van der Waals surface area contributed by atoms with Crippen LogP contribution in [0.4, 0.5) is 0 Å². The van der Waals surface area contributed by atoms with Gasteiger partial charge < -0.3 is 0 Å². The first-order valence-electron chi connectivity index (χ1n) is 6.65. The Kier molecular flexibility index (Phi) is 2.78. The number of hydrogen-bond donors (Lipinski definition) is 0. The van der Waals surface area contributed by atoms with E-state index in [0.29, 0.717) is 11.8 Å². The van der Waals surface area contributed by atoms with Crippen molar-refractivity contribution in [2.24, 2.45) is 10.9 Å². The number of fused-ring (bicyclic) bond motifs is 1. The molecule has 0 N–H and O–H groups in total. The molecule has 1 aromatic carbocycles. The summed E-state index contributed by atoms with van der Waals surface area (Å²) in [5.41, 5.74) is 5.42. The van der Waals surface area contributed by atoms with Crippen molar-refractivity contribution in [2.75, 3.05) is 6.54 Å². The lowest BCUT2D eigenvalue weighted by atomic mass is 9.86. The van der Waals surface area contributed by atoms with Crippen LogP contribution in [0.5, 0.6) is 0 Å². The lowest BCUT2D eigenvalue weighted by Crippen LogP contribution is -2.12. The molecular formula is C16H19N. The minimum atomic E-state index is 0.355. The Bertz CT molecular complexity index is 459. The summed E-state index contributed by atoms with van der Waals surface area (Å²) in [4.78, 5) is 4.54. The van der Waals surface area contributed by atoms with E-state index in [1.54, 1.807) is 0 Å². The van der Waals surface area contributed by atoms with Crippen LogP contribution in [0.1, 0.15) is 48.8 Å². The van der Waals surface area contributed by atoms with E-state index in [9.17, 15) is 0 Å². The highest BCUT2D eigenvalue weighted by Crippen LogP contribution is 2.39. The maximum Gasteiger partial charge on any atom is 0.0433 e. The van der Waals surface area contributed by atoms with E-state index >= 15 is 0 Å². The number of nitrogens with zero attached hydrogens (tertiary/aromatic N) is 1. The van der Waals surface area contributed by atoms with Gasteiger partial charge in [-0.25, -0.2) is 0 Å². The van der Waals surface area contributed by atoms with Gasteiger partial charge in [0.1, 0.15) is 0 Å². The first-order valence-corrected chi connectivity index (χ1v) is 6.65. The Morgan fingerprint density at radius 3 is 2.94 bits per heavy atom. The van der Waals surface area contributed by atoms with E-state index in [1.807, 2.05) is 0 Å². The molecule has 1 aromatic rings. The predicted molar refractivity (Wildman–Crippen MR) is 71.6 cm³/mol. The lowest BCUT2D eigenvalue weighted by molar-refractivity contribution is 0.587. The van der Waals surface area contributed by atoms with Crippen LogP contribution < -0.4 is 0 Å². The van der Waals surface area contributed by atoms with Gasteiger partial charge in [-0.05, 0) is 67.7 Å². The molecule has 1 heterocycles. The quantitative estimate of drug-likeness (QED) is 0.692. The third-order valence-electron chi connectivity index (χ3n) is 4.25. The number of benzene rings is 1. The Hall–Kier alpha value is -1.11. The fourth-order valence-corrected chi connectivity index (χ4v) is 3.21. The Labute approximate surface area is 104 Å². The second-order valence-corrected chi connectivity index (χ2v) is 5.33. The highest BCUT2D eigenvalue weighted by atomic mass is 14.7. The zero-order valence-corrected chi connectivity index (χ0v) is 10.4. The van der Waals surface area contributed by atoms with Crippen LogP contribution >= 0.6 is 0 Å². The molecule has 1 nitrogen and oxygen atoms in total. The van der Waals surface area contributed by atoms with Crippen LogP contribution in [0.15, 0.2) is 23.2 Å². The third kappa shape index (κ3) is 1.92. The van der Waals surface area contributed by atoms with Crippen molar-refractivity contribution in [3.63, 3.8) is 0 Å². The van der Waals surface area contributed by atoms with Crippen LogP contribution in [0.25, 0.3) is 0 Å². The number of aliphatic imine (C=N–C) groups is 1. The fourth-order valence-electron chi connectivity index (χ4n) is 3.21. The average Bonchev–Trinajstić information content (AvgIpc) is 2.76. The average molecular weight is 225 g/mol. The van der Waals surface area contributed by atoms with Gasteiger partial charge in [0.2, 0.25) is 0 Å². The fraction of sp³-hybridized carbons (Fsp3) is 0.500. The van der Waals surface area contributed by atoms with Gasteiger partial charge in [0, 0.05) is 12.3 Å². The molecule has 2 radical (unpaired) electrons. The summed E-state index contributed by atoms with van der Waals surface area (Å²) < 4.78 is 0. The summed E-state index contributed by atoms with van der Waals surface area (Å²) in [6.07, 6.45) is 4.78. The summed E-state index contributed by atoms with van der Waals surface area (Å²) in [6.45, 7) is 9.26. The van der Waals surface area contributed by atoms with Crippen molar-refractivity contribution in [3.8, 4) is 0 Å². The highest BCUT2D eigenvalue weighted by molar-refractivity contribution is 6.00. The molecule has 0 aromatic heterocycles. The second-order valence-electron chi connectivity index (χ2n) is 5.33. The Morgan fingerprint density at radius 2 is 2.18 bits per heavy atom. The van der Waals surface area contributed by atoms with E-state index in [4.69, 9.17) is 6.92 Å². The predicted octanol–water partition coefficient (Wildman–Crippen LogP) is 3.65. The summed E-state index contributed by atoms with van der Waals surface area (Å²) in [5, 5.41) is 0. The van der Waals surface area contributed by atoms with Crippen LogP contribution in [-0.2, 0) is 6.42 Å². The van der Waals surface area contributed by atoms with Crippen molar-refractivity contribution in [3.05, 3.63) is 41.8 Å². The SMILES string of the molecule is [CH]C1CCCC1c1ccc2c(c1)C(C)=NCC2. The molecule has 17 heavy (non-hydrogen) atoms. The molecule has 1 fully saturated rings. The van der Waals surface area contributed by atoms with Crippen molar-refractivity contribution in [1.29, 1.82) is 0 Å². The molecule has 2 atom stereocenters. The van der Waals surface area contributed by atoms with Crippen LogP contribution in [0.3, 0.4) is 0 Å². The summed E-state index contributed by atoms with van der Waals surface area (Å²) in [6, 6.07) is 6.91. The normalized spacial score (nSPS) is 27.8. The Morgan fingerprint density at radius 1 is 1.29 bits per heavy atom. The molecule has 88 valence electrons. The maximum atomic E-state index is 6.19. The van der Waals surface area contributed by atoms with E-state index in [0.717, 1.165) is 13.0 Å². The summed E-state index contributed by atoms with van der Waals surface area (Å²) >= 11 is 0. The molecule has 1 aliphatic heterocycles. The standard InChI is InChI=1S/C16H19N/c1-11-4-3-5-15(11)14-7-6-13-8-9-17-12(2)16(13)10-14/h1,6-7,10-11,15H,3-5,8-9H2,2H3. The van der Waals surface area contributed by atoms with Crippen LogP contribution in [0.2, 0.25) is 0 Å². The Balaban J connectivity index is 1.98. The van der Waals surface area contributed by atoms with E-state index < -0.39 is 0 Å². The first-order chi connectivity index (χ1) is 8.25. The van der Waals surface area contributed by atoms with Crippen molar-refractivity contribution in [1.82, 2.24) is 0 Å². The minimum Gasteiger partial charge on any atom is -0.289 e. The van der Waals surface area contributed by atoms with Gasteiger partial charge in [0.25, 0.3) is 0 Å². The van der Waals surface area contributed by atoms with Crippen LogP contribution in [0, 0.1) is 12.8 Å². The van der Waals surface area contributed by atoms with Gasteiger partial charge in [-0.1, -0.05) is 18.6 Å². The van der Waals surface area contributed by atoms with Gasteiger partial charge in [0.05, 0.1) is 0 Å². The monoisotopic (exact) mass is 225 g/mol. The number of hydrogen-bond acceptors (Lipinski definition) is 1. The molecule has 1 saturated carbocycles. The minimum absolute atomic E-state index is 0.355. The van der Waals surface area contributed by atoms with Crippen molar-refractivity contribution in [2.45, 2.75) is 38.5 Å². The van der Waals surface area contributed by atoms with Gasteiger partial charge in [0.15, 0.2) is 0 Å². The largest absolute Gasteiger partial charge is 0.289 e. The van der Waals surface area contributed by atoms with E-state index in [1.165, 1.54) is 41.7 Å². The lowest BCUT2D eigenvalue weighted by Gasteiger charge is -2.20. The topological polar surface area (TPSA) is 12.4 Å². The van der Waals surface area contributed by atoms with Crippen LogP contribution in [-0.4, -0.2) is 12.3 Å². The molecule has 0 amide bonds. The molecule has 3 rings (SSSR count). The first kappa shape index (κ1) is 11.0. The van der Waals surface area contributed by atoms with Crippen molar-refractivity contribution < 1.29 is 0 Å². The van der Waals surface area contributed by atoms with E-state index in [2.05, 4.69) is 30.1 Å². The summed E-state index contributed by atoms with van der Waals surface area (Å²) in [7, 11) is 0. The van der Waals surface area contributed by atoms with Gasteiger partial charge >= 0.3 is 0 Å². The summed E-state index contributed by atoms with van der Waals surface area (Å²) in [5.74, 6) is 0.920. The third-order valence-corrected chi connectivity index (χ3v) is 4.25. The molecular weight excluding hydrogens is 206 g/mol. The van der Waals surface area contributed by atoms with E-state index in [-0.39, 0.29) is 0 Å². The smallest absolute Gasteiger partial charge is 0.0433 e. The molecule has 1 heteroatoms. The van der Waals surface area contributed by atoms with Crippen molar-refractivity contribution >= 4 is 5.71 Å². The number of rotatable bonds is 1. The molecule has 1 aliphatic carbocycles. The molecule has 2 aliphatic rings. The molecule has 2 unspecified atom stereocenters. The maximum absolute atomic E-state index is 6.19. The van der Waals surface area contributed by atoms with Gasteiger partial charge in [-0.3, -0.25) is 4.99 Å². The van der Waals surface area contributed by atoms with Gasteiger partial charge in [-0.2, -0.15) is 0 Å².